The number of unbranched alkanes of at least 4 members (excludes halogenated alkanes) is 11. The molecule has 0 aromatic rings. The lowest BCUT2D eigenvalue weighted by atomic mass is 9.95. The lowest BCUT2D eigenvalue weighted by Gasteiger charge is -2.43. The summed E-state index contributed by atoms with van der Waals surface area (Å²) in [5.74, 6) is -4.57. The number of rotatable bonds is 27. The Balaban J connectivity index is 5.02. The van der Waals surface area contributed by atoms with Gasteiger partial charge in [0.1, 0.15) is 17.8 Å². The van der Waals surface area contributed by atoms with E-state index >= 15 is 0 Å². The lowest BCUT2D eigenvalue weighted by molar-refractivity contribution is -0.935. The monoisotopic (exact) mass is 554 g/mol. The van der Waals surface area contributed by atoms with E-state index < -0.39 is 35.7 Å². The van der Waals surface area contributed by atoms with E-state index in [0.717, 1.165) is 25.7 Å². The molecule has 0 bridgehead atoms. The Morgan fingerprint density at radius 2 is 0.872 bits per heavy atom. The molecule has 0 heterocycles. The average Bonchev–Trinajstić information content (AvgIpc) is 2.90. The number of hydrogen-bond acceptors (Lipinski definition) is 3. The third kappa shape index (κ3) is 17.4. The lowest BCUT2D eigenvalue weighted by Crippen LogP contribution is -2.58. The van der Waals surface area contributed by atoms with Crippen molar-refractivity contribution in [3.05, 3.63) is 12.2 Å². The van der Waals surface area contributed by atoms with Gasteiger partial charge in [-0.05, 0) is 51.4 Å². The minimum Gasteiger partial charge on any atom is -0.481 e. The molecule has 0 spiro atoms. The molecule has 0 fully saturated rings. The van der Waals surface area contributed by atoms with Crippen LogP contribution in [0.15, 0.2) is 12.2 Å². The van der Waals surface area contributed by atoms with Gasteiger partial charge in [-0.15, -0.1) is 0 Å². The topological polar surface area (TPSA) is 112 Å². The van der Waals surface area contributed by atoms with Crippen molar-refractivity contribution < 1.29 is 34.2 Å². The normalized spacial score (nSPS) is 15.6. The highest BCUT2D eigenvalue weighted by atomic mass is 16.4. The van der Waals surface area contributed by atoms with E-state index in [9.17, 15) is 29.7 Å². The van der Waals surface area contributed by atoms with E-state index in [2.05, 4.69) is 19.1 Å². The Labute approximate surface area is 238 Å². The fourth-order valence-electron chi connectivity index (χ4n) is 5.56. The highest BCUT2D eigenvalue weighted by Crippen LogP contribution is 2.25. The fraction of sp³-hybridized carbons (Fsp3) is 0.844. The van der Waals surface area contributed by atoms with E-state index in [0.29, 0.717) is 25.8 Å². The fourth-order valence-corrected chi connectivity index (χ4v) is 5.56. The molecule has 0 aromatic carbocycles. The maximum Gasteiger partial charge on any atom is 0.312 e. The van der Waals surface area contributed by atoms with Gasteiger partial charge in [0, 0.05) is 0 Å². The van der Waals surface area contributed by atoms with Gasteiger partial charge in [0.15, 0.2) is 0 Å². The number of aliphatic carboxylic acids is 3. The van der Waals surface area contributed by atoms with Crippen LogP contribution in [0.1, 0.15) is 130 Å². The van der Waals surface area contributed by atoms with Crippen LogP contribution in [0.2, 0.25) is 0 Å². The van der Waals surface area contributed by atoms with E-state index in [4.69, 9.17) is 0 Å². The molecule has 7 nitrogen and oxygen atoms in total. The number of nitrogens with zero attached hydrogens (tertiary/aromatic N) is 1. The van der Waals surface area contributed by atoms with E-state index in [-0.39, 0.29) is 24.1 Å². The van der Waals surface area contributed by atoms with Crippen LogP contribution in [0.4, 0.5) is 0 Å². The molecule has 7 heteroatoms. The summed E-state index contributed by atoms with van der Waals surface area (Å²) >= 11 is 0. The summed E-state index contributed by atoms with van der Waals surface area (Å²) in [7, 11) is 0. The maximum absolute atomic E-state index is 11.9. The first-order chi connectivity index (χ1) is 18.7. The van der Waals surface area contributed by atoms with Crippen molar-refractivity contribution in [2.75, 3.05) is 26.2 Å². The second-order valence-corrected chi connectivity index (χ2v) is 11.5. The Morgan fingerprint density at radius 3 is 1.21 bits per heavy atom. The second-order valence-electron chi connectivity index (χ2n) is 11.5. The third-order valence-electron chi connectivity index (χ3n) is 8.24. The van der Waals surface area contributed by atoms with E-state index in [1.165, 1.54) is 57.8 Å². The van der Waals surface area contributed by atoms with E-state index in [1.54, 1.807) is 0 Å². The second kappa shape index (κ2) is 22.9. The number of quaternary nitrogens is 1. The highest BCUT2D eigenvalue weighted by molar-refractivity contribution is 5.71. The molecule has 0 saturated heterocycles. The molecule has 3 atom stereocenters. The summed E-state index contributed by atoms with van der Waals surface area (Å²) in [6.45, 7) is 9.15. The van der Waals surface area contributed by atoms with Crippen molar-refractivity contribution in [1.29, 1.82) is 0 Å². The Morgan fingerprint density at radius 1 is 0.538 bits per heavy atom. The van der Waals surface area contributed by atoms with Crippen LogP contribution in [-0.4, -0.2) is 63.9 Å². The van der Waals surface area contributed by atoms with Crippen LogP contribution < -0.4 is 0 Å². The molecule has 0 aliphatic carbocycles. The van der Waals surface area contributed by atoms with E-state index in [1.807, 2.05) is 20.8 Å². The van der Waals surface area contributed by atoms with Crippen molar-refractivity contribution in [2.24, 2.45) is 17.8 Å². The summed E-state index contributed by atoms with van der Waals surface area (Å²) < 4.78 is 0.239. The molecule has 0 aromatic heterocycles. The van der Waals surface area contributed by atoms with Gasteiger partial charge in [-0.25, -0.2) is 0 Å². The van der Waals surface area contributed by atoms with Gasteiger partial charge in [-0.1, -0.05) is 91.2 Å². The number of carboxylic acids is 3. The molecule has 228 valence electrons. The summed E-state index contributed by atoms with van der Waals surface area (Å²) in [5, 5.41) is 29.4. The van der Waals surface area contributed by atoms with Gasteiger partial charge < -0.3 is 19.8 Å². The number of allylic oxidation sites excluding steroid dienone is 2. The number of carboxylic acid groups (broad SMARTS) is 3. The molecule has 39 heavy (non-hydrogen) atoms. The minimum absolute atomic E-state index is 0.239. The summed E-state index contributed by atoms with van der Waals surface area (Å²) in [6, 6.07) is 0. The standard InChI is InChI=1S/C32H59NO6/c1-5-9-10-11-12-13-14-15-16-17-18-19-20-21-22-23-33(24-27(6-2)30(34)35,25-28(7-3)31(36)37)26-29(8-4)32(38)39/h18-19,27-29H,5-17,20-26H2,1-4H3,(H2-,34,35,36,37,38,39)/p+1/b19-18+. The van der Waals surface area contributed by atoms with Gasteiger partial charge in [-0.2, -0.15) is 0 Å². The first kappa shape index (κ1) is 37.1. The smallest absolute Gasteiger partial charge is 0.312 e. The predicted octanol–water partition coefficient (Wildman–Crippen LogP) is 7.78. The molecular formula is C32H60NO6+. The predicted molar refractivity (Wildman–Crippen MR) is 159 cm³/mol. The van der Waals surface area contributed by atoms with Crippen LogP contribution in [0.3, 0.4) is 0 Å². The molecule has 0 aliphatic heterocycles. The first-order valence-corrected chi connectivity index (χ1v) is 15.8. The largest absolute Gasteiger partial charge is 0.481 e. The molecule has 0 amide bonds. The van der Waals surface area contributed by atoms with Crippen molar-refractivity contribution in [2.45, 2.75) is 130 Å². The van der Waals surface area contributed by atoms with Crippen LogP contribution in [0, 0.1) is 17.8 Å². The van der Waals surface area contributed by atoms with Crippen molar-refractivity contribution in [3.63, 3.8) is 0 Å². The zero-order chi connectivity index (χ0) is 29.5. The molecule has 0 rings (SSSR count). The third-order valence-corrected chi connectivity index (χ3v) is 8.24. The maximum atomic E-state index is 11.9. The van der Waals surface area contributed by atoms with Crippen LogP contribution in [-0.2, 0) is 14.4 Å². The first-order valence-electron chi connectivity index (χ1n) is 15.8. The Kier molecular flexibility index (Phi) is 21.8. The number of carbonyl (C=O) groups is 3. The zero-order valence-corrected chi connectivity index (χ0v) is 25.5. The molecular weight excluding hydrogens is 494 g/mol. The summed E-state index contributed by atoms with van der Waals surface area (Å²) in [6.07, 6.45) is 21.5. The van der Waals surface area contributed by atoms with Gasteiger partial charge in [0.2, 0.25) is 0 Å². The Hall–Kier alpha value is -1.89. The summed E-state index contributed by atoms with van der Waals surface area (Å²) in [4.78, 5) is 35.8. The molecule has 0 radical (unpaired) electrons. The molecule has 3 unspecified atom stereocenters. The van der Waals surface area contributed by atoms with Crippen molar-refractivity contribution >= 4 is 17.9 Å². The van der Waals surface area contributed by atoms with Crippen LogP contribution in [0.5, 0.6) is 0 Å². The van der Waals surface area contributed by atoms with Crippen molar-refractivity contribution in [1.82, 2.24) is 0 Å². The zero-order valence-electron chi connectivity index (χ0n) is 25.5. The van der Waals surface area contributed by atoms with Gasteiger partial charge in [0.05, 0.1) is 26.2 Å². The SMILES string of the molecule is CCCCCCCCCCC/C=C/CCCC[N+](CC(CC)C(=O)O)(CC(CC)C(=O)O)CC(CC)C(=O)O. The Bertz CT molecular complexity index is 632. The quantitative estimate of drug-likeness (QED) is 0.0543. The minimum atomic E-state index is -0.897. The van der Waals surface area contributed by atoms with Crippen LogP contribution in [0.25, 0.3) is 0 Å². The molecule has 0 saturated carbocycles. The van der Waals surface area contributed by atoms with Gasteiger partial charge in [-0.3, -0.25) is 14.4 Å². The molecule has 3 N–H and O–H groups in total. The highest BCUT2D eigenvalue weighted by Gasteiger charge is 2.40. The number of hydrogen-bond donors (Lipinski definition) is 3. The van der Waals surface area contributed by atoms with Gasteiger partial charge in [0.25, 0.3) is 0 Å². The molecule has 0 aliphatic rings. The average molecular weight is 555 g/mol. The summed E-state index contributed by atoms with van der Waals surface area (Å²) in [5.41, 5.74) is 0. The van der Waals surface area contributed by atoms with Crippen LogP contribution >= 0.6 is 0 Å². The van der Waals surface area contributed by atoms with Crippen molar-refractivity contribution in [3.8, 4) is 0 Å². The van der Waals surface area contributed by atoms with Gasteiger partial charge >= 0.3 is 17.9 Å².